The third-order valence-corrected chi connectivity index (χ3v) is 4.88. The van der Waals surface area contributed by atoms with Gasteiger partial charge in [0.25, 0.3) is 5.91 Å². The lowest BCUT2D eigenvalue weighted by molar-refractivity contribution is 0.0926. The van der Waals surface area contributed by atoms with Crippen molar-refractivity contribution in [3.8, 4) is 0 Å². The summed E-state index contributed by atoms with van der Waals surface area (Å²) in [5.41, 5.74) is 1.11. The van der Waals surface area contributed by atoms with Gasteiger partial charge in [0.1, 0.15) is 12.0 Å². The smallest absolute Gasteiger partial charge is 0.270 e. The fourth-order valence-corrected chi connectivity index (χ4v) is 3.66. The van der Waals surface area contributed by atoms with E-state index in [9.17, 15) is 4.79 Å². The number of carbonyl (C=O) groups excluding carboxylic acids is 1. The van der Waals surface area contributed by atoms with Crippen LogP contribution >= 0.6 is 15.9 Å². The van der Waals surface area contributed by atoms with Crippen LogP contribution in [0.3, 0.4) is 0 Å². The second-order valence-corrected chi connectivity index (χ2v) is 6.37. The Bertz CT molecular complexity index is 684. The fraction of sp³-hybridized carbons (Fsp3) is 0.429. The van der Waals surface area contributed by atoms with E-state index in [0.29, 0.717) is 23.4 Å². The molecule has 5 nitrogen and oxygen atoms in total. The predicted octanol–water partition coefficient (Wildman–Crippen LogP) is 2.21. The molecule has 2 aliphatic rings. The van der Waals surface area contributed by atoms with Crippen molar-refractivity contribution in [3.05, 3.63) is 28.7 Å². The Morgan fingerprint density at radius 1 is 1.50 bits per heavy atom. The zero-order chi connectivity index (χ0) is 13.7. The second-order valence-electron chi connectivity index (χ2n) is 5.51. The molecule has 1 amide bonds. The van der Waals surface area contributed by atoms with Crippen LogP contribution in [0.5, 0.6) is 0 Å². The zero-order valence-electron chi connectivity index (χ0n) is 10.7. The number of nitrogens with one attached hydrogen (secondary N) is 2. The highest BCUT2D eigenvalue weighted by Crippen LogP contribution is 2.29. The number of aromatic nitrogens is 1. The summed E-state index contributed by atoms with van der Waals surface area (Å²) in [5, 5.41) is 7.48. The summed E-state index contributed by atoms with van der Waals surface area (Å²) in [6.45, 7) is 0. The maximum Gasteiger partial charge on any atom is 0.270 e. The number of fused-ring (bicyclic) bond motifs is 3. The Morgan fingerprint density at radius 3 is 3.15 bits per heavy atom. The molecule has 2 bridgehead atoms. The lowest BCUT2D eigenvalue weighted by atomic mass is 9.95. The molecule has 4 heterocycles. The van der Waals surface area contributed by atoms with Crippen LogP contribution in [0.2, 0.25) is 0 Å². The third kappa shape index (κ3) is 1.94. The fourth-order valence-electron chi connectivity index (χ4n) is 3.25. The van der Waals surface area contributed by atoms with Crippen molar-refractivity contribution in [2.24, 2.45) is 0 Å². The molecule has 2 saturated heterocycles. The number of amides is 1. The normalized spacial score (nSPS) is 28.1. The standard InChI is InChI=1S/C14H14BrN3O2/c15-9-6-20-13-5-16-12(4-8(9)13)14(19)18-11-3-7-1-2-10(11)17-7/h4-7,10-11,17H,1-3H2,(H,18,19). The summed E-state index contributed by atoms with van der Waals surface area (Å²) >= 11 is 3.40. The molecule has 20 heavy (non-hydrogen) atoms. The highest BCUT2D eigenvalue weighted by molar-refractivity contribution is 9.10. The minimum atomic E-state index is -0.112. The quantitative estimate of drug-likeness (QED) is 0.882. The summed E-state index contributed by atoms with van der Waals surface area (Å²) in [6, 6.07) is 2.99. The van der Waals surface area contributed by atoms with Gasteiger partial charge in [0, 0.05) is 23.5 Å². The van der Waals surface area contributed by atoms with E-state index in [2.05, 4.69) is 31.5 Å². The van der Waals surface area contributed by atoms with Gasteiger partial charge < -0.3 is 15.1 Å². The molecule has 0 aromatic carbocycles. The molecular weight excluding hydrogens is 322 g/mol. The SMILES string of the molecule is O=C(NC1CC2CCC1N2)c1cc2c(Br)coc2cn1. The van der Waals surface area contributed by atoms with Crippen LogP contribution in [0.15, 0.2) is 27.4 Å². The molecule has 104 valence electrons. The van der Waals surface area contributed by atoms with Crippen LogP contribution in [0, 0.1) is 0 Å². The number of rotatable bonds is 2. The molecule has 2 aliphatic heterocycles. The van der Waals surface area contributed by atoms with Crippen molar-refractivity contribution >= 4 is 32.8 Å². The van der Waals surface area contributed by atoms with Crippen LogP contribution in [0.4, 0.5) is 0 Å². The van der Waals surface area contributed by atoms with Crippen molar-refractivity contribution in [1.82, 2.24) is 15.6 Å². The minimum Gasteiger partial charge on any atom is -0.461 e. The predicted molar refractivity (Wildman–Crippen MR) is 77.5 cm³/mol. The lowest BCUT2D eigenvalue weighted by Gasteiger charge is -2.21. The molecule has 2 aromatic rings. The van der Waals surface area contributed by atoms with E-state index in [1.807, 2.05) is 0 Å². The number of pyridine rings is 1. The van der Waals surface area contributed by atoms with E-state index >= 15 is 0 Å². The molecule has 2 fully saturated rings. The minimum absolute atomic E-state index is 0.112. The average molecular weight is 336 g/mol. The van der Waals surface area contributed by atoms with Crippen molar-refractivity contribution in [2.45, 2.75) is 37.4 Å². The Labute approximate surface area is 124 Å². The number of halogens is 1. The highest BCUT2D eigenvalue weighted by Gasteiger charge is 2.39. The number of hydrogen-bond donors (Lipinski definition) is 2. The summed E-state index contributed by atoms with van der Waals surface area (Å²) in [7, 11) is 0. The highest BCUT2D eigenvalue weighted by atomic mass is 79.9. The van der Waals surface area contributed by atoms with Crippen molar-refractivity contribution in [2.75, 3.05) is 0 Å². The first kappa shape index (κ1) is 12.3. The van der Waals surface area contributed by atoms with Crippen LogP contribution in [-0.4, -0.2) is 29.0 Å². The van der Waals surface area contributed by atoms with E-state index in [0.717, 1.165) is 22.7 Å². The van der Waals surface area contributed by atoms with Gasteiger partial charge in [-0.15, -0.1) is 0 Å². The molecular formula is C14H14BrN3O2. The van der Waals surface area contributed by atoms with Gasteiger partial charge in [-0.3, -0.25) is 4.79 Å². The van der Waals surface area contributed by atoms with Crippen LogP contribution in [0.1, 0.15) is 29.8 Å². The molecule has 6 heteroatoms. The topological polar surface area (TPSA) is 67.2 Å². The molecule has 2 N–H and O–H groups in total. The summed E-state index contributed by atoms with van der Waals surface area (Å²) in [4.78, 5) is 16.5. The Kier molecular flexibility index (Phi) is 2.82. The Morgan fingerprint density at radius 2 is 2.40 bits per heavy atom. The van der Waals surface area contributed by atoms with Gasteiger partial charge in [0.05, 0.1) is 10.7 Å². The van der Waals surface area contributed by atoms with Gasteiger partial charge in [-0.2, -0.15) is 0 Å². The van der Waals surface area contributed by atoms with Crippen molar-refractivity contribution in [3.63, 3.8) is 0 Å². The van der Waals surface area contributed by atoms with Gasteiger partial charge >= 0.3 is 0 Å². The van der Waals surface area contributed by atoms with E-state index in [1.165, 1.54) is 6.42 Å². The molecule has 0 radical (unpaired) electrons. The molecule has 2 aromatic heterocycles. The first-order valence-electron chi connectivity index (χ1n) is 6.80. The lowest BCUT2D eigenvalue weighted by Crippen LogP contribution is -2.43. The van der Waals surface area contributed by atoms with Gasteiger partial charge in [-0.25, -0.2) is 4.98 Å². The third-order valence-electron chi connectivity index (χ3n) is 4.26. The molecule has 3 unspecified atom stereocenters. The van der Waals surface area contributed by atoms with Gasteiger partial charge in [0.2, 0.25) is 0 Å². The van der Waals surface area contributed by atoms with E-state index in [4.69, 9.17) is 4.42 Å². The van der Waals surface area contributed by atoms with Crippen LogP contribution in [-0.2, 0) is 0 Å². The molecule has 0 spiro atoms. The van der Waals surface area contributed by atoms with E-state index < -0.39 is 0 Å². The van der Waals surface area contributed by atoms with Gasteiger partial charge in [0.15, 0.2) is 5.58 Å². The molecule has 0 aliphatic carbocycles. The number of carbonyl (C=O) groups is 1. The summed E-state index contributed by atoms with van der Waals surface area (Å²) < 4.78 is 6.14. The Balaban J connectivity index is 1.56. The first-order chi connectivity index (χ1) is 9.70. The molecule has 4 rings (SSSR count). The van der Waals surface area contributed by atoms with E-state index in [1.54, 1.807) is 18.5 Å². The number of nitrogens with zero attached hydrogens (tertiary/aromatic N) is 1. The maximum absolute atomic E-state index is 12.3. The van der Waals surface area contributed by atoms with Crippen LogP contribution in [0.25, 0.3) is 11.0 Å². The van der Waals surface area contributed by atoms with Crippen molar-refractivity contribution < 1.29 is 9.21 Å². The van der Waals surface area contributed by atoms with Gasteiger partial charge in [-0.1, -0.05) is 0 Å². The largest absolute Gasteiger partial charge is 0.461 e. The van der Waals surface area contributed by atoms with Crippen molar-refractivity contribution in [1.29, 1.82) is 0 Å². The first-order valence-corrected chi connectivity index (χ1v) is 7.59. The summed E-state index contributed by atoms with van der Waals surface area (Å²) in [6.07, 6.45) is 6.59. The number of hydrogen-bond acceptors (Lipinski definition) is 4. The second kappa shape index (κ2) is 4.56. The molecule has 0 saturated carbocycles. The molecule has 3 atom stereocenters. The monoisotopic (exact) mass is 335 g/mol. The average Bonchev–Trinajstić information content (AvgIpc) is 3.15. The number of furan rings is 1. The van der Waals surface area contributed by atoms with E-state index in [-0.39, 0.29) is 11.9 Å². The van der Waals surface area contributed by atoms with Gasteiger partial charge in [-0.05, 0) is 41.3 Å². The summed E-state index contributed by atoms with van der Waals surface area (Å²) in [5.74, 6) is -0.112. The maximum atomic E-state index is 12.3. The Hall–Kier alpha value is -1.40. The zero-order valence-corrected chi connectivity index (χ0v) is 12.3. The van der Waals surface area contributed by atoms with Crippen LogP contribution < -0.4 is 10.6 Å².